The van der Waals surface area contributed by atoms with Gasteiger partial charge in [0, 0.05) is 38.8 Å². The van der Waals surface area contributed by atoms with Gasteiger partial charge in [0.2, 0.25) is 0 Å². The minimum absolute atomic E-state index is 0.306. The molecule has 0 aliphatic carbocycles. The Bertz CT molecular complexity index is 1260. The monoisotopic (exact) mass is 546 g/mol. The molecule has 2 aromatic carbocycles. The molecule has 3 aromatic rings. The molecule has 1 saturated heterocycles. The lowest BCUT2D eigenvalue weighted by molar-refractivity contribution is -0.192. The van der Waals surface area contributed by atoms with Crippen molar-refractivity contribution in [2.24, 2.45) is 0 Å². The lowest BCUT2D eigenvalue weighted by Gasteiger charge is -2.26. The van der Waals surface area contributed by atoms with E-state index in [1.54, 1.807) is 24.3 Å². The number of rotatable bonds is 8. The van der Waals surface area contributed by atoms with Gasteiger partial charge < -0.3 is 29.2 Å². The van der Waals surface area contributed by atoms with Crippen LogP contribution in [0.3, 0.4) is 0 Å². The van der Waals surface area contributed by atoms with E-state index < -0.39 is 35.6 Å². The molecule has 0 bridgehead atoms. The highest BCUT2D eigenvalue weighted by molar-refractivity contribution is 5.73. The van der Waals surface area contributed by atoms with E-state index in [9.17, 15) is 26.7 Å². The molecule has 2 heterocycles. The lowest BCUT2D eigenvalue weighted by Crippen LogP contribution is -2.43. The Morgan fingerprint density at radius 3 is 2.37 bits per heavy atom. The van der Waals surface area contributed by atoms with E-state index >= 15 is 0 Å². The van der Waals surface area contributed by atoms with Gasteiger partial charge in [-0.2, -0.15) is 17.9 Å². The van der Waals surface area contributed by atoms with Crippen LogP contribution in [0.15, 0.2) is 51.7 Å². The van der Waals surface area contributed by atoms with Crippen molar-refractivity contribution in [1.82, 2.24) is 20.0 Å². The van der Waals surface area contributed by atoms with Crippen LogP contribution in [0.2, 0.25) is 0 Å². The number of benzene rings is 2. The Labute approximate surface area is 212 Å². The van der Waals surface area contributed by atoms with Crippen molar-refractivity contribution in [3.05, 3.63) is 64.6 Å². The fraction of sp³-hybridized carbons (Fsp3) is 0.348. The number of ether oxygens (including phenoxy) is 2. The molecule has 0 saturated carbocycles. The first kappa shape index (κ1) is 28.6. The van der Waals surface area contributed by atoms with Gasteiger partial charge in [-0.05, 0) is 42.8 Å². The maximum absolute atomic E-state index is 13.7. The number of carbonyl (C=O) groups is 1. The molecule has 15 heteroatoms. The SMILES string of the molecule is O=C(O)C(F)(F)F.O=c1oc(Oc2ccc(F)cc2F)nn1-c1ccc(OCCCN2CCNCC2)cc1. The Balaban J connectivity index is 0.000000505. The summed E-state index contributed by atoms with van der Waals surface area (Å²) in [6, 6.07) is 9.51. The number of aromatic nitrogens is 2. The number of nitrogens with zero attached hydrogens (tertiary/aromatic N) is 3. The van der Waals surface area contributed by atoms with Crippen LogP contribution in [0.25, 0.3) is 5.69 Å². The third kappa shape index (κ3) is 8.55. The topological polar surface area (TPSA) is 119 Å². The molecule has 1 aliphatic rings. The average Bonchev–Trinajstić information content (AvgIpc) is 3.24. The van der Waals surface area contributed by atoms with Crippen molar-refractivity contribution in [1.29, 1.82) is 0 Å². The first-order chi connectivity index (χ1) is 18.0. The highest BCUT2D eigenvalue weighted by Gasteiger charge is 2.38. The van der Waals surface area contributed by atoms with Gasteiger partial charge in [0.1, 0.15) is 11.6 Å². The molecule has 0 atom stereocenters. The van der Waals surface area contributed by atoms with Crippen molar-refractivity contribution in [3.8, 4) is 23.3 Å². The van der Waals surface area contributed by atoms with Crippen LogP contribution in [0.5, 0.6) is 17.6 Å². The normalized spacial score (nSPS) is 13.9. The van der Waals surface area contributed by atoms with Gasteiger partial charge in [-0.25, -0.2) is 18.4 Å². The molecular formula is C23H23F5N4O6. The summed E-state index contributed by atoms with van der Waals surface area (Å²) in [7, 11) is 0. The van der Waals surface area contributed by atoms with Gasteiger partial charge in [-0.1, -0.05) is 5.10 Å². The minimum atomic E-state index is -5.08. The number of carboxylic acid groups (broad SMARTS) is 1. The van der Waals surface area contributed by atoms with Crippen molar-refractivity contribution < 1.29 is 45.7 Å². The van der Waals surface area contributed by atoms with Crippen LogP contribution in [0, 0.1) is 11.6 Å². The summed E-state index contributed by atoms with van der Waals surface area (Å²) < 4.78 is 75.2. The summed E-state index contributed by atoms with van der Waals surface area (Å²) in [6.45, 7) is 5.74. The molecular weight excluding hydrogens is 523 g/mol. The molecule has 206 valence electrons. The van der Waals surface area contributed by atoms with Crippen molar-refractivity contribution in [2.45, 2.75) is 12.6 Å². The standard InChI is InChI=1S/C21H22F2N4O4.C2HF3O2/c22-15-2-7-19(18(23)14-15)30-20-25-27(21(28)31-20)16-3-5-17(6-4-16)29-13-1-10-26-11-8-24-9-12-26;3-2(4,5)1(6)7/h2-7,14,24H,1,8-13H2;(H,6,7). The summed E-state index contributed by atoms with van der Waals surface area (Å²) in [5, 5.41) is 14.3. The van der Waals surface area contributed by atoms with Gasteiger partial charge in [0.15, 0.2) is 11.6 Å². The van der Waals surface area contributed by atoms with Gasteiger partial charge in [-0.15, -0.1) is 0 Å². The number of nitrogens with one attached hydrogen (secondary N) is 1. The van der Waals surface area contributed by atoms with Crippen LogP contribution in [0.1, 0.15) is 6.42 Å². The largest absolute Gasteiger partial charge is 0.494 e. The molecule has 2 N–H and O–H groups in total. The smallest absolute Gasteiger partial charge is 0.490 e. The average molecular weight is 546 g/mol. The van der Waals surface area contributed by atoms with Gasteiger partial charge in [0.05, 0.1) is 12.3 Å². The van der Waals surface area contributed by atoms with Gasteiger partial charge >= 0.3 is 24.0 Å². The number of alkyl halides is 3. The van der Waals surface area contributed by atoms with Gasteiger partial charge in [0.25, 0.3) is 0 Å². The van der Waals surface area contributed by atoms with Crippen molar-refractivity contribution >= 4 is 5.97 Å². The third-order valence-electron chi connectivity index (χ3n) is 5.04. The molecule has 1 aliphatic heterocycles. The van der Waals surface area contributed by atoms with Crippen LogP contribution in [-0.2, 0) is 4.79 Å². The van der Waals surface area contributed by atoms with E-state index in [0.29, 0.717) is 24.1 Å². The number of carboxylic acids is 1. The molecule has 0 amide bonds. The first-order valence-corrected chi connectivity index (χ1v) is 11.2. The number of hydrogen-bond acceptors (Lipinski definition) is 8. The Hall–Kier alpha value is -3.98. The van der Waals surface area contributed by atoms with Crippen molar-refractivity contribution in [3.63, 3.8) is 0 Å². The summed E-state index contributed by atoms with van der Waals surface area (Å²) in [5.74, 6) is -4.88. The molecule has 1 aromatic heterocycles. The zero-order valence-corrected chi connectivity index (χ0v) is 19.7. The molecule has 1 fully saturated rings. The predicted octanol–water partition coefficient (Wildman–Crippen LogP) is 3.20. The molecule has 0 spiro atoms. The summed E-state index contributed by atoms with van der Waals surface area (Å²) >= 11 is 0. The number of aliphatic carboxylic acids is 1. The second-order valence-corrected chi connectivity index (χ2v) is 7.81. The fourth-order valence-electron chi connectivity index (χ4n) is 3.21. The van der Waals surface area contributed by atoms with Crippen LogP contribution >= 0.6 is 0 Å². The summed E-state index contributed by atoms with van der Waals surface area (Å²) in [4.78, 5) is 23.4. The maximum atomic E-state index is 13.7. The maximum Gasteiger partial charge on any atom is 0.490 e. The van der Waals surface area contributed by atoms with E-state index in [1.165, 1.54) is 0 Å². The number of piperazine rings is 1. The molecule has 38 heavy (non-hydrogen) atoms. The van der Waals surface area contributed by atoms with E-state index in [-0.39, 0.29) is 5.75 Å². The number of halogens is 5. The second-order valence-electron chi connectivity index (χ2n) is 7.81. The molecule has 4 rings (SSSR count). The van der Waals surface area contributed by atoms with E-state index in [1.807, 2.05) is 0 Å². The van der Waals surface area contributed by atoms with E-state index in [4.69, 9.17) is 23.8 Å². The second kappa shape index (κ2) is 13.0. The fourth-order valence-corrected chi connectivity index (χ4v) is 3.21. The zero-order valence-electron chi connectivity index (χ0n) is 19.7. The van der Waals surface area contributed by atoms with Crippen LogP contribution in [0.4, 0.5) is 22.0 Å². The number of hydrogen-bond donors (Lipinski definition) is 2. The highest BCUT2D eigenvalue weighted by atomic mass is 19.4. The zero-order chi connectivity index (χ0) is 27.7. The molecule has 10 nitrogen and oxygen atoms in total. The third-order valence-corrected chi connectivity index (χ3v) is 5.04. The summed E-state index contributed by atoms with van der Waals surface area (Å²) in [5.41, 5.74) is 0.427. The Kier molecular flexibility index (Phi) is 9.78. The molecule has 0 unspecified atom stereocenters. The Morgan fingerprint density at radius 2 is 1.76 bits per heavy atom. The van der Waals surface area contributed by atoms with Gasteiger partial charge in [-0.3, -0.25) is 0 Å². The van der Waals surface area contributed by atoms with E-state index in [2.05, 4.69) is 15.3 Å². The van der Waals surface area contributed by atoms with Crippen LogP contribution in [-0.4, -0.2) is 71.3 Å². The highest BCUT2D eigenvalue weighted by Crippen LogP contribution is 2.23. The predicted molar refractivity (Wildman–Crippen MR) is 122 cm³/mol. The quantitative estimate of drug-likeness (QED) is 0.324. The summed E-state index contributed by atoms with van der Waals surface area (Å²) in [6.07, 6.45) is -4.62. The van der Waals surface area contributed by atoms with E-state index in [0.717, 1.165) is 56.0 Å². The van der Waals surface area contributed by atoms with Crippen molar-refractivity contribution in [2.75, 3.05) is 39.3 Å². The Morgan fingerprint density at radius 1 is 1.11 bits per heavy atom. The minimum Gasteiger partial charge on any atom is -0.494 e. The van der Waals surface area contributed by atoms with Crippen LogP contribution < -0.4 is 20.5 Å². The first-order valence-electron chi connectivity index (χ1n) is 11.2. The lowest BCUT2D eigenvalue weighted by atomic mass is 10.3. The molecule has 0 radical (unpaired) electrons.